The first-order valence-corrected chi connectivity index (χ1v) is 8.52. The van der Waals surface area contributed by atoms with Gasteiger partial charge in [-0.15, -0.1) is 0 Å². The fraction of sp³-hybridized carbons (Fsp3) is 0.0952. The van der Waals surface area contributed by atoms with Crippen molar-refractivity contribution in [2.75, 3.05) is 12.5 Å². The Hall–Kier alpha value is -2.98. The largest absolute Gasteiger partial charge is 0.493 e. The molecule has 3 rings (SSSR count). The molecule has 132 valence electrons. The second-order valence-electron chi connectivity index (χ2n) is 5.56. The van der Waals surface area contributed by atoms with E-state index < -0.39 is 0 Å². The molecule has 0 bridgehead atoms. The molecule has 0 fully saturated rings. The van der Waals surface area contributed by atoms with E-state index >= 15 is 0 Å². The van der Waals surface area contributed by atoms with Gasteiger partial charge in [0.2, 0.25) is 0 Å². The lowest BCUT2D eigenvalue weighted by Gasteiger charge is -2.11. The Morgan fingerprint density at radius 1 is 0.962 bits per heavy atom. The summed E-state index contributed by atoms with van der Waals surface area (Å²) < 4.78 is 11.3. The number of hydrogen-bond acceptors (Lipinski definition) is 4. The highest BCUT2D eigenvalue weighted by atomic mass is 35.5. The molecule has 0 radical (unpaired) electrons. The van der Waals surface area contributed by atoms with E-state index in [-0.39, 0.29) is 0 Å². The van der Waals surface area contributed by atoms with Crippen LogP contribution in [0.1, 0.15) is 11.1 Å². The predicted molar refractivity (Wildman–Crippen MR) is 106 cm³/mol. The van der Waals surface area contributed by atoms with E-state index in [1.54, 1.807) is 19.4 Å². The maximum absolute atomic E-state index is 5.95. The van der Waals surface area contributed by atoms with Crippen LogP contribution in [0.3, 0.4) is 0 Å². The summed E-state index contributed by atoms with van der Waals surface area (Å²) in [5.74, 6) is 1.35. The summed E-state index contributed by atoms with van der Waals surface area (Å²) in [6.45, 7) is 0.487. The van der Waals surface area contributed by atoms with Crippen LogP contribution in [0, 0.1) is 0 Å². The average Bonchev–Trinajstić information content (AvgIpc) is 2.67. The molecule has 3 aromatic carbocycles. The minimum absolute atomic E-state index is 0.487. The van der Waals surface area contributed by atoms with Crippen molar-refractivity contribution in [3.05, 3.63) is 88.9 Å². The molecule has 1 N–H and O–H groups in total. The molecule has 0 saturated heterocycles. The smallest absolute Gasteiger partial charge is 0.161 e. The van der Waals surface area contributed by atoms with Gasteiger partial charge in [0.25, 0.3) is 0 Å². The van der Waals surface area contributed by atoms with Gasteiger partial charge in [0.05, 0.1) is 19.0 Å². The highest BCUT2D eigenvalue weighted by Gasteiger charge is 2.05. The van der Waals surface area contributed by atoms with E-state index in [1.807, 2.05) is 66.7 Å². The normalized spacial score (nSPS) is 10.7. The van der Waals surface area contributed by atoms with Gasteiger partial charge < -0.3 is 9.47 Å². The third kappa shape index (κ3) is 5.01. The summed E-state index contributed by atoms with van der Waals surface area (Å²) in [5.41, 5.74) is 5.76. The van der Waals surface area contributed by atoms with Crippen LogP contribution in [0.15, 0.2) is 77.9 Å². The Bertz CT molecular complexity index is 882. The molecule has 0 saturated carbocycles. The molecule has 4 nitrogen and oxygen atoms in total. The fourth-order valence-electron chi connectivity index (χ4n) is 2.36. The van der Waals surface area contributed by atoms with Gasteiger partial charge in [0.15, 0.2) is 11.5 Å². The summed E-state index contributed by atoms with van der Waals surface area (Å²) in [7, 11) is 1.62. The zero-order valence-corrected chi connectivity index (χ0v) is 15.1. The number of hydrazone groups is 1. The molecule has 0 aliphatic rings. The SMILES string of the molecule is COc1cc(C=NNc2cccc(Cl)c2)ccc1OCc1ccccc1. The van der Waals surface area contributed by atoms with Gasteiger partial charge in [-0.25, -0.2) is 0 Å². The number of nitrogens with one attached hydrogen (secondary N) is 1. The molecule has 3 aromatic rings. The van der Waals surface area contributed by atoms with Crippen LogP contribution in [0.4, 0.5) is 5.69 Å². The number of nitrogens with zero attached hydrogens (tertiary/aromatic N) is 1. The molecule has 0 spiro atoms. The Kier molecular flexibility index (Phi) is 6.12. The fourth-order valence-corrected chi connectivity index (χ4v) is 2.55. The Labute approximate surface area is 158 Å². The molecule has 0 unspecified atom stereocenters. The lowest BCUT2D eigenvalue weighted by Crippen LogP contribution is -1.98. The number of benzene rings is 3. The lowest BCUT2D eigenvalue weighted by atomic mass is 10.2. The number of hydrogen-bond donors (Lipinski definition) is 1. The molecule has 0 amide bonds. The predicted octanol–water partition coefficient (Wildman–Crippen LogP) is 5.37. The first kappa shape index (κ1) is 17.8. The molecule has 5 heteroatoms. The summed E-state index contributed by atoms with van der Waals surface area (Å²) in [5, 5.41) is 4.88. The molecule has 0 heterocycles. The van der Waals surface area contributed by atoms with E-state index in [0.717, 1.165) is 16.8 Å². The molecule has 0 atom stereocenters. The molecule has 0 aliphatic heterocycles. The van der Waals surface area contributed by atoms with Gasteiger partial charge in [-0.1, -0.05) is 48.0 Å². The Morgan fingerprint density at radius 2 is 1.81 bits per heavy atom. The van der Waals surface area contributed by atoms with E-state index in [9.17, 15) is 0 Å². The summed E-state index contributed by atoms with van der Waals surface area (Å²) >= 11 is 5.95. The molecule has 26 heavy (non-hydrogen) atoms. The first-order valence-electron chi connectivity index (χ1n) is 8.14. The quantitative estimate of drug-likeness (QED) is 0.451. The second kappa shape index (κ2) is 8.92. The van der Waals surface area contributed by atoms with Gasteiger partial charge >= 0.3 is 0 Å². The molecular formula is C21H19ClN2O2. The molecule has 0 aromatic heterocycles. The number of halogens is 1. The van der Waals surface area contributed by atoms with Crippen molar-refractivity contribution in [3.63, 3.8) is 0 Å². The second-order valence-corrected chi connectivity index (χ2v) is 6.00. The van der Waals surface area contributed by atoms with Crippen LogP contribution in [0.5, 0.6) is 11.5 Å². The topological polar surface area (TPSA) is 42.8 Å². The highest BCUT2D eigenvalue weighted by Crippen LogP contribution is 2.28. The summed E-state index contributed by atoms with van der Waals surface area (Å²) in [6, 6.07) is 23.1. The van der Waals surface area contributed by atoms with E-state index in [0.29, 0.717) is 23.1 Å². The van der Waals surface area contributed by atoms with Crippen molar-refractivity contribution in [1.82, 2.24) is 0 Å². The number of rotatable bonds is 7. The van der Waals surface area contributed by atoms with Crippen LogP contribution in [0.2, 0.25) is 5.02 Å². The van der Waals surface area contributed by atoms with E-state index in [4.69, 9.17) is 21.1 Å². The van der Waals surface area contributed by atoms with Gasteiger partial charge in [0, 0.05) is 5.02 Å². The maximum Gasteiger partial charge on any atom is 0.161 e. The number of anilines is 1. The highest BCUT2D eigenvalue weighted by molar-refractivity contribution is 6.30. The van der Waals surface area contributed by atoms with Gasteiger partial charge in [-0.2, -0.15) is 5.10 Å². The molecule has 0 aliphatic carbocycles. The van der Waals surface area contributed by atoms with E-state index in [2.05, 4.69) is 10.5 Å². The minimum atomic E-state index is 0.487. The van der Waals surface area contributed by atoms with E-state index in [1.165, 1.54) is 0 Å². The van der Waals surface area contributed by atoms with Crippen LogP contribution in [-0.2, 0) is 6.61 Å². The summed E-state index contributed by atoms with van der Waals surface area (Å²) in [6.07, 6.45) is 1.71. The first-order chi connectivity index (χ1) is 12.7. The van der Waals surface area contributed by atoms with Gasteiger partial charge in [-0.05, 0) is 47.5 Å². The van der Waals surface area contributed by atoms with Crippen LogP contribution in [-0.4, -0.2) is 13.3 Å². The van der Waals surface area contributed by atoms with Crippen molar-refractivity contribution >= 4 is 23.5 Å². The average molecular weight is 367 g/mol. The maximum atomic E-state index is 5.95. The summed E-state index contributed by atoms with van der Waals surface area (Å²) in [4.78, 5) is 0. The van der Waals surface area contributed by atoms with Crippen molar-refractivity contribution in [1.29, 1.82) is 0 Å². The van der Waals surface area contributed by atoms with Crippen LogP contribution < -0.4 is 14.9 Å². The van der Waals surface area contributed by atoms with Crippen molar-refractivity contribution < 1.29 is 9.47 Å². The number of ether oxygens (including phenoxy) is 2. The zero-order valence-electron chi connectivity index (χ0n) is 14.4. The monoisotopic (exact) mass is 366 g/mol. The lowest BCUT2D eigenvalue weighted by molar-refractivity contribution is 0.284. The number of methoxy groups -OCH3 is 1. The van der Waals surface area contributed by atoms with Gasteiger partial charge in [-0.3, -0.25) is 5.43 Å². The zero-order chi connectivity index (χ0) is 18.2. The molecular weight excluding hydrogens is 348 g/mol. The standard InChI is InChI=1S/C21H19ClN2O2/c1-25-21-12-17(14-23-24-19-9-5-8-18(22)13-19)10-11-20(21)26-15-16-6-3-2-4-7-16/h2-14,24H,15H2,1H3. The van der Waals surface area contributed by atoms with Gasteiger partial charge in [0.1, 0.15) is 6.61 Å². The Balaban J connectivity index is 1.65. The Morgan fingerprint density at radius 3 is 2.58 bits per heavy atom. The minimum Gasteiger partial charge on any atom is -0.493 e. The third-order valence-corrected chi connectivity index (χ3v) is 3.89. The third-order valence-electron chi connectivity index (χ3n) is 3.66. The van der Waals surface area contributed by atoms with Crippen LogP contribution >= 0.6 is 11.6 Å². The van der Waals surface area contributed by atoms with Crippen LogP contribution in [0.25, 0.3) is 0 Å². The van der Waals surface area contributed by atoms with Crippen molar-refractivity contribution in [2.45, 2.75) is 6.61 Å². The van der Waals surface area contributed by atoms with Crippen molar-refractivity contribution in [2.24, 2.45) is 5.10 Å². The van der Waals surface area contributed by atoms with Crippen molar-refractivity contribution in [3.8, 4) is 11.5 Å².